The number of H-pyrrole nitrogens is 1. The van der Waals surface area contributed by atoms with E-state index in [9.17, 15) is 9.18 Å². The number of ether oxygens (including phenoxy) is 1. The van der Waals surface area contributed by atoms with Gasteiger partial charge in [0.2, 0.25) is 5.88 Å². The first-order chi connectivity index (χ1) is 15.7. The number of nitrogens with zero attached hydrogens (tertiary/aromatic N) is 2. The molecule has 0 aliphatic carbocycles. The molecule has 186 valence electrons. The van der Waals surface area contributed by atoms with Crippen LogP contribution in [0, 0.1) is 33.5 Å². The Morgan fingerprint density at radius 3 is 2.47 bits per heavy atom. The average molecular weight is 478 g/mol. The van der Waals surface area contributed by atoms with E-state index in [2.05, 4.69) is 20.3 Å². The standard InChI is InChI=1S/C23H32FN5O5/c1-13-7-6-8-18(24)17(13)10-34-21-16(4)29-15(3)19(26-9-14(2)28-21)20(30)27-12-22(5,25)11-23(31,32)33/h6-9,26,31-33H,10-12,25H2,1-5H3,(H,27,30). The van der Waals surface area contributed by atoms with Crippen molar-refractivity contribution >= 4 is 5.91 Å². The molecule has 0 aliphatic rings. The molecule has 2 aromatic rings. The molecular weight excluding hydrogens is 445 g/mol. The summed E-state index contributed by atoms with van der Waals surface area (Å²) in [4.78, 5) is 24.5. The van der Waals surface area contributed by atoms with Gasteiger partial charge in [-0.15, -0.1) is 0 Å². The van der Waals surface area contributed by atoms with Gasteiger partial charge >= 0.3 is 0 Å². The van der Waals surface area contributed by atoms with E-state index in [4.69, 9.17) is 25.8 Å². The summed E-state index contributed by atoms with van der Waals surface area (Å²) >= 11 is 0. The highest BCUT2D eigenvalue weighted by Crippen LogP contribution is 2.18. The van der Waals surface area contributed by atoms with Gasteiger partial charge in [-0.3, -0.25) is 9.78 Å². The Bertz CT molecular complexity index is 1070. The van der Waals surface area contributed by atoms with Gasteiger partial charge in [0.25, 0.3) is 11.9 Å². The minimum absolute atomic E-state index is 0.0435. The van der Waals surface area contributed by atoms with E-state index in [0.29, 0.717) is 22.6 Å². The molecule has 1 unspecified atom stereocenters. The Hall–Kier alpha value is -3.12. The normalized spacial score (nSPS) is 13.1. The molecule has 10 nitrogen and oxygen atoms in total. The number of nitrogens with one attached hydrogen (secondary N) is 2. The molecule has 0 spiro atoms. The molecule has 0 bridgehead atoms. The van der Waals surface area contributed by atoms with Gasteiger partial charge in [0, 0.05) is 30.3 Å². The van der Waals surface area contributed by atoms with Crippen LogP contribution in [0.5, 0.6) is 5.88 Å². The second-order valence-corrected chi connectivity index (χ2v) is 8.62. The quantitative estimate of drug-likeness (QED) is 0.310. The van der Waals surface area contributed by atoms with Crippen molar-refractivity contribution in [2.75, 3.05) is 6.54 Å². The van der Waals surface area contributed by atoms with Gasteiger partial charge in [-0.05, 0) is 46.2 Å². The Kier molecular flexibility index (Phi) is 8.67. The van der Waals surface area contributed by atoms with Crippen molar-refractivity contribution in [2.24, 2.45) is 5.73 Å². The SMILES string of the molecule is Cc1c[nH]c(C(=O)NCC(C)(N)CC(O)(O)O)c(C)nc(C)c(OCc2c(C)cccc2F)n1. The number of aryl methyl sites for hydroxylation is 4. The van der Waals surface area contributed by atoms with E-state index in [-0.39, 0.29) is 30.5 Å². The summed E-state index contributed by atoms with van der Waals surface area (Å²) in [5.74, 6) is -3.72. The highest BCUT2D eigenvalue weighted by atomic mass is 19.1. The number of hydrogen-bond acceptors (Lipinski definition) is 8. The third-order valence-electron chi connectivity index (χ3n) is 4.94. The number of hydrogen-bond donors (Lipinski definition) is 6. The molecule has 0 radical (unpaired) electrons. The highest BCUT2D eigenvalue weighted by Gasteiger charge is 2.31. The molecular formula is C23H32FN5O5. The number of halogens is 1. The zero-order valence-corrected chi connectivity index (χ0v) is 19.9. The lowest BCUT2D eigenvalue weighted by Crippen LogP contribution is -2.53. The van der Waals surface area contributed by atoms with Crippen LogP contribution in [0.3, 0.4) is 0 Å². The minimum Gasteiger partial charge on any atom is -0.471 e. The summed E-state index contributed by atoms with van der Waals surface area (Å²) in [7, 11) is 0. The number of carbonyl (C=O) groups excluding carboxylic acids is 1. The van der Waals surface area contributed by atoms with E-state index in [1.165, 1.54) is 19.2 Å². The van der Waals surface area contributed by atoms with Gasteiger partial charge in [0.15, 0.2) is 0 Å². The van der Waals surface area contributed by atoms with Gasteiger partial charge < -0.3 is 36.1 Å². The summed E-state index contributed by atoms with van der Waals surface area (Å²) in [5, 5.41) is 30.1. The maximum atomic E-state index is 14.2. The predicted molar refractivity (Wildman–Crippen MR) is 123 cm³/mol. The average Bonchev–Trinajstić information content (AvgIpc) is 2.73. The van der Waals surface area contributed by atoms with Crippen LogP contribution in [0.4, 0.5) is 4.39 Å². The van der Waals surface area contributed by atoms with Gasteiger partial charge in [0.1, 0.15) is 18.1 Å². The lowest BCUT2D eigenvalue weighted by molar-refractivity contribution is -0.320. The summed E-state index contributed by atoms with van der Waals surface area (Å²) in [6.45, 7) is 7.99. The second-order valence-electron chi connectivity index (χ2n) is 8.62. The summed E-state index contributed by atoms with van der Waals surface area (Å²) in [5.41, 5.74) is 7.06. The molecule has 34 heavy (non-hydrogen) atoms. The fraction of sp³-hybridized carbons (Fsp3) is 0.435. The third kappa shape index (κ3) is 8.03. The second kappa shape index (κ2) is 10.9. The molecule has 11 heteroatoms. The van der Waals surface area contributed by atoms with Crippen molar-refractivity contribution in [3.05, 3.63) is 64.1 Å². The van der Waals surface area contributed by atoms with Crippen LogP contribution in [-0.4, -0.2) is 54.2 Å². The number of aliphatic hydroxyl groups is 3. The molecule has 1 aromatic carbocycles. The Morgan fingerprint density at radius 2 is 1.85 bits per heavy atom. The maximum absolute atomic E-state index is 14.2. The monoisotopic (exact) mass is 477 g/mol. The molecule has 1 aromatic heterocycles. The number of amides is 1. The molecule has 0 saturated carbocycles. The first-order valence-corrected chi connectivity index (χ1v) is 10.6. The van der Waals surface area contributed by atoms with E-state index in [1.54, 1.807) is 39.8 Å². The van der Waals surface area contributed by atoms with Crippen molar-refractivity contribution in [3.8, 4) is 5.88 Å². The maximum Gasteiger partial charge on any atom is 0.277 e. The minimum atomic E-state index is -2.96. The lowest BCUT2D eigenvalue weighted by atomic mass is 9.97. The Balaban J connectivity index is 2.32. The predicted octanol–water partition coefficient (Wildman–Crippen LogP) is 1.35. The van der Waals surface area contributed by atoms with Crippen molar-refractivity contribution in [1.82, 2.24) is 20.3 Å². The number of rotatable bonds is 8. The van der Waals surface area contributed by atoms with Gasteiger partial charge in [-0.25, -0.2) is 9.37 Å². The molecule has 0 fully saturated rings. The number of carbonyl (C=O) groups is 1. The first kappa shape index (κ1) is 27.1. The largest absolute Gasteiger partial charge is 0.471 e. The zero-order chi connectivity index (χ0) is 25.7. The molecule has 7 N–H and O–H groups in total. The van der Waals surface area contributed by atoms with Crippen LogP contribution in [-0.2, 0) is 6.61 Å². The van der Waals surface area contributed by atoms with E-state index < -0.39 is 23.8 Å². The van der Waals surface area contributed by atoms with Gasteiger partial charge in [-0.1, -0.05) is 12.1 Å². The van der Waals surface area contributed by atoms with Crippen molar-refractivity contribution in [3.63, 3.8) is 0 Å². The Labute approximate surface area is 197 Å². The van der Waals surface area contributed by atoms with Crippen LogP contribution in [0.2, 0.25) is 0 Å². The van der Waals surface area contributed by atoms with E-state index in [1.807, 2.05) is 0 Å². The molecule has 0 saturated heterocycles. The van der Waals surface area contributed by atoms with Crippen LogP contribution >= 0.6 is 0 Å². The van der Waals surface area contributed by atoms with Crippen molar-refractivity contribution < 1.29 is 29.2 Å². The van der Waals surface area contributed by atoms with Crippen LogP contribution in [0.15, 0.2) is 24.4 Å². The van der Waals surface area contributed by atoms with Gasteiger partial charge in [0.05, 0.1) is 17.1 Å². The number of aromatic nitrogens is 3. The third-order valence-corrected chi connectivity index (χ3v) is 4.94. The van der Waals surface area contributed by atoms with Gasteiger partial charge in [-0.2, -0.15) is 0 Å². The number of benzene rings is 1. The smallest absolute Gasteiger partial charge is 0.277 e. The fourth-order valence-corrected chi connectivity index (χ4v) is 3.24. The summed E-state index contributed by atoms with van der Waals surface area (Å²) in [6, 6.07) is 4.77. The fourth-order valence-electron chi connectivity index (χ4n) is 3.24. The van der Waals surface area contributed by atoms with E-state index >= 15 is 0 Å². The molecule has 1 amide bonds. The lowest BCUT2D eigenvalue weighted by Gasteiger charge is -2.29. The van der Waals surface area contributed by atoms with Crippen LogP contribution in [0.1, 0.15) is 52.0 Å². The topological polar surface area (TPSA) is 167 Å². The number of nitrogens with two attached hydrogens (primary N) is 1. The number of aromatic amines is 1. The Morgan fingerprint density at radius 1 is 1.18 bits per heavy atom. The van der Waals surface area contributed by atoms with Crippen molar-refractivity contribution in [1.29, 1.82) is 0 Å². The first-order valence-electron chi connectivity index (χ1n) is 10.6. The summed E-state index contributed by atoms with van der Waals surface area (Å²) < 4.78 is 20.0. The molecule has 0 aliphatic heterocycles. The highest BCUT2D eigenvalue weighted by molar-refractivity contribution is 5.93. The van der Waals surface area contributed by atoms with Crippen molar-refractivity contribution in [2.45, 2.75) is 59.2 Å². The van der Waals surface area contributed by atoms with Crippen LogP contribution < -0.4 is 15.8 Å². The van der Waals surface area contributed by atoms with Crippen LogP contribution in [0.25, 0.3) is 0 Å². The molecule has 1 heterocycles. The zero-order valence-electron chi connectivity index (χ0n) is 19.9. The van der Waals surface area contributed by atoms with E-state index in [0.717, 1.165) is 5.56 Å². The molecule has 2 rings (SSSR count). The summed E-state index contributed by atoms with van der Waals surface area (Å²) in [6.07, 6.45) is 0.907. The molecule has 1 atom stereocenters.